The first kappa shape index (κ1) is 17.6. The molecule has 5 heteroatoms. The van der Waals surface area contributed by atoms with Crippen molar-refractivity contribution in [2.24, 2.45) is 5.92 Å². The zero-order valence-electron chi connectivity index (χ0n) is 16.1. The van der Waals surface area contributed by atoms with Gasteiger partial charge in [0.15, 0.2) is 0 Å². The van der Waals surface area contributed by atoms with Gasteiger partial charge in [-0.25, -0.2) is 4.98 Å². The van der Waals surface area contributed by atoms with Crippen molar-refractivity contribution in [1.29, 1.82) is 0 Å². The highest BCUT2D eigenvalue weighted by molar-refractivity contribution is 6.02. The Hall–Kier alpha value is -3.47. The van der Waals surface area contributed by atoms with Crippen molar-refractivity contribution in [3.05, 3.63) is 72.9 Å². The Labute approximate surface area is 169 Å². The van der Waals surface area contributed by atoms with Crippen LogP contribution in [0.2, 0.25) is 0 Å². The molecule has 1 fully saturated rings. The predicted molar refractivity (Wildman–Crippen MR) is 117 cm³/mol. The van der Waals surface area contributed by atoms with Crippen LogP contribution < -0.4 is 10.2 Å². The lowest BCUT2D eigenvalue weighted by Crippen LogP contribution is -2.38. The lowest BCUT2D eigenvalue weighted by Gasteiger charge is -2.32. The molecule has 1 amide bonds. The molecule has 0 aliphatic carbocycles. The third kappa shape index (κ3) is 3.51. The summed E-state index contributed by atoms with van der Waals surface area (Å²) < 4.78 is 0. The molecule has 3 aromatic carbocycles. The van der Waals surface area contributed by atoms with Crippen LogP contribution in [0.25, 0.3) is 21.8 Å². The molecule has 0 radical (unpaired) electrons. The van der Waals surface area contributed by atoms with Crippen molar-refractivity contribution in [2.45, 2.75) is 12.8 Å². The minimum atomic E-state index is 0.0126. The maximum Gasteiger partial charge on any atom is 0.227 e. The number of fused-ring (bicyclic) bond motifs is 2. The molecule has 1 N–H and O–H groups in total. The Morgan fingerprint density at radius 1 is 0.897 bits per heavy atom. The summed E-state index contributed by atoms with van der Waals surface area (Å²) in [4.78, 5) is 24.3. The van der Waals surface area contributed by atoms with Crippen molar-refractivity contribution < 1.29 is 4.79 Å². The molecule has 0 spiro atoms. The van der Waals surface area contributed by atoms with Crippen LogP contribution in [0, 0.1) is 5.92 Å². The molecule has 1 aliphatic heterocycles. The SMILES string of the molecule is O=C(Nc1cccc2ccccc12)C1CCN(c2cnc3ccccc3n2)CC1. The van der Waals surface area contributed by atoms with Crippen molar-refractivity contribution in [3.63, 3.8) is 0 Å². The lowest BCUT2D eigenvalue weighted by atomic mass is 9.95. The molecule has 0 unspecified atom stereocenters. The topological polar surface area (TPSA) is 58.1 Å². The Morgan fingerprint density at radius 2 is 1.62 bits per heavy atom. The maximum absolute atomic E-state index is 12.9. The molecule has 4 aromatic rings. The van der Waals surface area contributed by atoms with Crippen molar-refractivity contribution in [3.8, 4) is 0 Å². The zero-order chi connectivity index (χ0) is 19.6. The van der Waals surface area contributed by atoms with Crippen LogP contribution in [0.4, 0.5) is 11.5 Å². The Morgan fingerprint density at radius 3 is 2.48 bits per heavy atom. The molecular weight excluding hydrogens is 360 g/mol. The number of piperidine rings is 1. The Bertz CT molecular complexity index is 1180. The van der Waals surface area contributed by atoms with Crippen LogP contribution >= 0.6 is 0 Å². The first-order valence-electron chi connectivity index (χ1n) is 10.0. The van der Waals surface area contributed by atoms with Gasteiger partial charge >= 0.3 is 0 Å². The van der Waals surface area contributed by atoms with Crippen LogP contribution in [0.15, 0.2) is 72.9 Å². The van der Waals surface area contributed by atoms with E-state index in [9.17, 15) is 4.79 Å². The van der Waals surface area contributed by atoms with E-state index < -0.39 is 0 Å². The quantitative estimate of drug-likeness (QED) is 0.561. The number of benzene rings is 3. The molecule has 0 bridgehead atoms. The highest BCUT2D eigenvalue weighted by atomic mass is 16.1. The van der Waals surface area contributed by atoms with E-state index >= 15 is 0 Å². The zero-order valence-corrected chi connectivity index (χ0v) is 16.1. The van der Waals surface area contributed by atoms with E-state index in [0.717, 1.165) is 59.2 Å². The van der Waals surface area contributed by atoms with E-state index in [0.29, 0.717) is 0 Å². The molecule has 1 aliphatic rings. The molecule has 1 saturated heterocycles. The van der Waals surface area contributed by atoms with Gasteiger partial charge in [0.1, 0.15) is 5.82 Å². The smallest absolute Gasteiger partial charge is 0.227 e. The van der Waals surface area contributed by atoms with Gasteiger partial charge in [-0.3, -0.25) is 9.78 Å². The van der Waals surface area contributed by atoms with Gasteiger partial charge in [0.2, 0.25) is 5.91 Å². The molecule has 1 aromatic heterocycles. The van der Waals surface area contributed by atoms with Crippen LogP contribution in [0.1, 0.15) is 12.8 Å². The number of rotatable bonds is 3. The third-order valence-electron chi connectivity index (χ3n) is 5.67. The summed E-state index contributed by atoms with van der Waals surface area (Å²) in [6.45, 7) is 1.61. The van der Waals surface area contributed by atoms with Gasteiger partial charge in [-0.1, -0.05) is 48.5 Å². The number of anilines is 2. The fourth-order valence-electron chi connectivity index (χ4n) is 4.04. The second kappa shape index (κ2) is 7.51. The maximum atomic E-state index is 12.9. The van der Waals surface area contributed by atoms with Gasteiger partial charge in [0, 0.05) is 30.1 Å². The van der Waals surface area contributed by atoms with Crippen molar-refractivity contribution >= 4 is 39.2 Å². The number of aromatic nitrogens is 2. The van der Waals surface area contributed by atoms with E-state index in [4.69, 9.17) is 4.98 Å². The molecule has 2 heterocycles. The van der Waals surface area contributed by atoms with E-state index in [1.165, 1.54) is 0 Å². The summed E-state index contributed by atoms with van der Waals surface area (Å²) in [5.74, 6) is 1.00. The highest BCUT2D eigenvalue weighted by Crippen LogP contribution is 2.27. The summed E-state index contributed by atoms with van der Waals surface area (Å²) in [6, 6.07) is 22.0. The summed E-state index contributed by atoms with van der Waals surface area (Å²) >= 11 is 0. The first-order valence-corrected chi connectivity index (χ1v) is 10.0. The number of carbonyl (C=O) groups excluding carboxylic acids is 1. The first-order chi connectivity index (χ1) is 14.3. The standard InChI is InChI=1S/C24H22N4O/c29-24(27-20-11-5-7-17-6-1-2-8-19(17)20)18-12-14-28(15-13-18)23-16-25-21-9-3-4-10-22(21)26-23/h1-11,16,18H,12-15H2,(H,27,29). The van der Waals surface area contributed by atoms with Crippen molar-refractivity contribution in [1.82, 2.24) is 9.97 Å². The largest absolute Gasteiger partial charge is 0.355 e. The van der Waals surface area contributed by atoms with Gasteiger partial charge in [0.25, 0.3) is 0 Å². The monoisotopic (exact) mass is 382 g/mol. The third-order valence-corrected chi connectivity index (χ3v) is 5.67. The van der Waals surface area contributed by atoms with Gasteiger partial charge in [0.05, 0.1) is 17.2 Å². The number of nitrogens with one attached hydrogen (secondary N) is 1. The van der Waals surface area contributed by atoms with Crippen LogP contribution in [0.5, 0.6) is 0 Å². The van der Waals surface area contributed by atoms with E-state index in [2.05, 4.69) is 27.3 Å². The normalized spacial score (nSPS) is 15.0. The van der Waals surface area contributed by atoms with Gasteiger partial charge < -0.3 is 10.2 Å². The molecule has 144 valence electrons. The fourth-order valence-corrected chi connectivity index (χ4v) is 4.04. The molecule has 5 rings (SSSR count). The van der Waals surface area contributed by atoms with Gasteiger partial charge in [-0.15, -0.1) is 0 Å². The second-order valence-electron chi connectivity index (χ2n) is 7.49. The molecular formula is C24H22N4O. The predicted octanol–water partition coefficient (Wildman–Crippen LogP) is 4.64. The van der Waals surface area contributed by atoms with E-state index in [1.54, 1.807) is 0 Å². The molecule has 29 heavy (non-hydrogen) atoms. The highest BCUT2D eigenvalue weighted by Gasteiger charge is 2.26. The number of hydrogen-bond acceptors (Lipinski definition) is 4. The van der Waals surface area contributed by atoms with E-state index in [-0.39, 0.29) is 11.8 Å². The van der Waals surface area contributed by atoms with Gasteiger partial charge in [-0.2, -0.15) is 0 Å². The summed E-state index contributed by atoms with van der Waals surface area (Å²) in [5, 5.41) is 5.36. The number of para-hydroxylation sites is 2. The molecule has 0 saturated carbocycles. The average molecular weight is 382 g/mol. The van der Waals surface area contributed by atoms with Gasteiger partial charge in [-0.05, 0) is 36.4 Å². The Kier molecular flexibility index (Phi) is 4.56. The Balaban J connectivity index is 1.26. The average Bonchev–Trinajstić information content (AvgIpc) is 2.79. The minimum absolute atomic E-state index is 0.0126. The van der Waals surface area contributed by atoms with E-state index in [1.807, 2.05) is 60.8 Å². The summed E-state index contributed by atoms with van der Waals surface area (Å²) in [5.41, 5.74) is 2.69. The summed E-state index contributed by atoms with van der Waals surface area (Å²) in [7, 11) is 0. The number of carbonyl (C=O) groups is 1. The van der Waals surface area contributed by atoms with Crippen LogP contribution in [-0.2, 0) is 4.79 Å². The second-order valence-corrected chi connectivity index (χ2v) is 7.49. The molecule has 0 atom stereocenters. The fraction of sp³-hybridized carbons (Fsp3) is 0.208. The van der Waals surface area contributed by atoms with Crippen molar-refractivity contribution in [2.75, 3.05) is 23.3 Å². The number of hydrogen-bond donors (Lipinski definition) is 1. The van der Waals surface area contributed by atoms with Crippen LogP contribution in [-0.4, -0.2) is 29.0 Å². The minimum Gasteiger partial charge on any atom is -0.355 e. The molecule has 5 nitrogen and oxygen atoms in total. The lowest BCUT2D eigenvalue weighted by molar-refractivity contribution is -0.120. The summed E-state index contributed by atoms with van der Waals surface area (Å²) in [6.07, 6.45) is 3.45. The number of nitrogens with zero attached hydrogens (tertiary/aromatic N) is 3. The number of amides is 1. The van der Waals surface area contributed by atoms with Crippen LogP contribution in [0.3, 0.4) is 0 Å².